The standard InChI is InChI=1S/C16H20F2N2O3S/c17-16(18)24(22,23)10-11-1-3-12(4-2-11)15(21)20-13-5-6-14(20)9-19-8-7-13/h1-4,13-14,16,19H,5-10H2. The van der Waals surface area contributed by atoms with Gasteiger partial charge in [-0.2, -0.15) is 8.78 Å². The van der Waals surface area contributed by atoms with Crippen LogP contribution in [0.15, 0.2) is 24.3 Å². The van der Waals surface area contributed by atoms with Gasteiger partial charge in [-0.15, -0.1) is 0 Å². The van der Waals surface area contributed by atoms with Crippen molar-refractivity contribution in [1.82, 2.24) is 10.2 Å². The third kappa shape index (κ3) is 3.44. The maximum absolute atomic E-state index is 12.8. The number of hydrogen-bond acceptors (Lipinski definition) is 4. The first kappa shape index (κ1) is 17.3. The minimum absolute atomic E-state index is 0.0746. The van der Waals surface area contributed by atoms with Gasteiger partial charge in [0.25, 0.3) is 5.91 Å². The zero-order chi connectivity index (χ0) is 17.3. The fraction of sp³-hybridized carbons (Fsp3) is 0.562. The highest BCUT2D eigenvalue weighted by molar-refractivity contribution is 7.90. The number of sulfone groups is 1. The van der Waals surface area contributed by atoms with Gasteiger partial charge >= 0.3 is 5.76 Å². The molecule has 2 aliphatic heterocycles. The van der Waals surface area contributed by atoms with Crippen LogP contribution in [0, 0.1) is 0 Å². The number of nitrogens with zero attached hydrogens (tertiary/aromatic N) is 1. The molecular formula is C16H20F2N2O3S. The van der Waals surface area contributed by atoms with E-state index in [0.29, 0.717) is 5.56 Å². The van der Waals surface area contributed by atoms with Crippen molar-refractivity contribution in [1.29, 1.82) is 0 Å². The van der Waals surface area contributed by atoms with E-state index >= 15 is 0 Å². The molecule has 3 rings (SSSR count). The number of benzene rings is 1. The van der Waals surface area contributed by atoms with Crippen molar-refractivity contribution < 1.29 is 22.0 Å². The Morgan fingerprint density at radius 3 is 2.50 bits per heavy atom. The molecule has 1 aromatic carbocycles. The van der Waals surface area contributed by atoms with E-state index in [4.69, 9.17) is 0 Å². The van der Waals surface area contributed by atoms with Gasteiger partial charge < -0.3 is 10.2 Å². The van der Waals surface area contributed by atoms with Gasteiger partial charge in [-0.25, -0.2) is 8.42 Å². The molecule has 5 nitrogen and oxygen atoms in total. The normalized spacial score (nSPS) is 24.2. The van der Waals surface area contributed by atoms with E-state index in [-0.39, 0.29) is 23.6 Å². The van der Waals surface area contributed by atoms with Gasteiger partial charge in [0.05, 0.1) is 5.75 Å². The predicted octanol–water partition coefficient (Wildman–Crippen LogP) is 1.79. The second kappa shape index (κ2) is 6.76. The van der Waals surface area contributed by atoms with E-state index in [0.717, 1.165) is 32.4 Å². The number of hydrogen-bond donors (Lipinski definition) is 1. The Kier molecular flexibility index (Phi) is 4.87. The zero-order valence-corrected chi connectivity index (χ0v) is 13.9. The molecule has 2 heterocycles. The van der Waals surface area contributed by atoms with Gasteiger partial charge in [0, 0.05) is 24.2 Å². The van der Waals surface area contributed by atoms with Crippen LogP contribution in [0.25, 0.3) is 0 Å². The fourth-order valence-electron chi connectivity index (χ4n) is 3.50. The Morgan fingerprint density at radius 1 is 1.17 bits per heavy atom. The summed E-state index contributed by atoms with van der Waals surface area (Å²) in [6.45, 7) is 1.68. The third-order valence-electron chi connectivity index (χ3n) is 4.73. The van der Waals surface area contributed by atoms with E-state index in [2.05, 4.69) is 5.32 Å². The Bertz CT molecular complexity index is 693. The van der Waals surface area contributed by atoms with Gasteiger partial charge in [0.1, 0.15) is 0 Å². The molecule has 2 saturated heterocycles. The van der Waals surface area contributed by atoms with Crippen molar-refractivity contribution in [2.75, 3.05) is 13.1 Å². The van der Waals surface area contributed by atoms with Crippen LogP contribution in [0.2, 0.25) is 0 Å². The molecule has 132 valence electrons. The largest absolute Gasteiger partial charge is 0.337 e. The number of nitrogens with one attached hydrogen (secondary N) is 1. The van der Waals surface area contributed by atoms with Crippen molar-refractivity contribution in [2.45, 2.75) is 42.9 Å². The van der Waals surface area contributed by atoms with Gasteiger partial charge in [-0.05, 0) is 43.5 Å². The molecule has 1 amide bonds. The predicted molar refractivity (Wildman–Crippen MR) is 85.5 cm³/mol. The smallest absolute Gasteiger partial charge is 0.331 e. The van der Waals surface area contributed by atoms with Crippen molar-refractivity contribution >= 4 is 15.7 Å². The molecule has 0 aromatic heterocycles. The van der Waals surface area contributed by atoms with Gasteiger partial charge in [0.2, 0.25) is 9.84 Å². The van der Waals surface area contributed by atoms with Gasteiger partial charge in [0.15, 0.2) is 0 Å². The Hall–Kier alpha value is -1.54. The number of amides is 1. The molecule has 2 unspecified atom stereocenters. The summed E-state index contributed by atoms with van der Waals surface area (Å²) >= 11 is 0. The molecule has 0 aliphatic carbocycles. The van der Waals surface area contributed by atoms with Gasteiger partial charge in [-0.1, -0.05) is 12.1 Å². The van der Waals surface area contributed by atoms with Crippen LogP contribution in [0.4, 0.5) is 8.78 Å². The third-order valence-corrected chi connectivity index (χ3v) is 6.01. The molecular weight excluding hydrogens is 338 g/mol. The molecule has 2 fully saturated rings. The number of fused-ring (bicyclic) bond motifs is 2. The zero-order valence-electron chi connectivity index (χ0n) is 13.1. The first-order valence-electron chi connectivity index (χ1n) is 8.00. The number of carbonyl (C=O) groups excluding carboxylic acids is 1. The second-order valence-corrected chi connectivity index (χ2v) is 8.33. The summed E-state index contributed by atoms with van der Waals surface area (Å²) in [6, 6.07) is 6.34. The summed E-state index contributed by atoms with van der Waals surface area (Å²) in [5.74, 6) is -4.19. The van der Waals surface area contributed by atoms with Crippen LogP contribution in [0.1, 0.15) is 35.2 Å². The van der Waals surface area contributed by atoms with Crippen molar-refractivity contribution in [3.8, 4) is 0 Å². The van der Waals surface area contributed by atoms with Crippen molar-refractivity contribution in [3.63, 3.8) is 0 Å². The molecule has 2 atom stereocenters. The highest BCUT2D eigenvalue weighted by Gasteiger charge is 2.38. The van der Waals surface area contributed by atoms with E-state index in [1.165, 1.54) is 24.3 Å². The SMILES string of the molecule is O=C(c1ccc(CS(=O)(=O)C(F)F)cc1)N1C2CCNCC1CC2. The number of rotatable bonds is 4. The minimum atomic E-state index is -4.45. The lowest BCUT2D eigenvalue weighted by molar-refractivity contribution is 0.0680. The lowest BCUT2D eigenvalue weighted by atomic mass is 10.1. The van der Waals surface area contributed by atoms with Crippen molar-refractivity contribution in [2.24, 2.45) is 0 Å². The van der Waals surface area contributed by atoms with Crippen LogP contribution < -0.4 is 5.32 Å². The summed E-state index contributed by atoms with van der Waals surface area (Å²) in [7, 11) is -4.45. The maximum Gasteiger partial charge on any atom is 0.337 e. The number of carbonyl (C=O) groups is 1. The number of alkyl halides is 2. The van der Waals surface area contributed by atoms with Crippen molar-refractivity contribution in [3.05, 3.63) is 35.4 Å². The quantitative estimate of drug-likeness (QED) is 0.891. The average Bonchev–Trinajstić information content (AvgIpc) is 2.80. The summed E-state index contributed by atoms with van der Waals surface area (Å²) in [5.41, 5.74) is 0.722. The van der Waals surface area contributed by atoms with E-state index in [1.807, 2.05) is 4.90 Å². The molecule has 2 aliphatic rings. The highest BCUT2D eigenvalue weighted by Crippen LogP contribution is 2.29. The van der Waals surface area contributed by atoms with Gasteiger partial charge in [-0.3, -0.25) is 4.79 Å². The first-order valence-corrected chi connectivity index (χ1v) is 9.72. The topological polar surface area (TPSA) is 66.5 Å². The lowest BCUT2D eigenvalue weighted by Gasteiger charge is -2.28. The maximum atomic E-state index is 12.8. The summed E-state index contributed by atoms with van der Waals surface area (Å²) in [4.78, 5) is 14.7. The molecule has 24 heavy (non-hydrogen) atoms. The van der Waals surface area contributed by atoms with E-state index in [9.17, 15) is 22.0 Å². The lowest BCUT2D eigenvalue weighted by Crippen LogP contribution is -2.42. The Morgan fingerprint density at radius 2 is 1.83 bits per heavy atom. The molecule has 8 heteroatoms. The summed E-state index contributed by atoms with van der Waals surface area (Å²) in [5, 5.41) is 3.33. The fourth-order valence-corrected chi connectivity index (χ4v) is 4.28. The molecule has 0 saturated carbocycles. The number of halogens is 2. The van der Waals surface area contributed by atoms with Crippen LogP contribution in [0.3, 0.4) is 0 Å². The van der Waals surface area contributed by atoms with E-state index in [1.54, 1.807) is 0 Å². The molecule has 0 spiro atoms. The average molecular weight is 358 g/mol. The minimum Gasteiger partial charge on any atom is -0.331 e. The monoisotopic (exact) mass is 358 g/mol. The first-order chi connectivity index (χ1) is 11.4. The summed E-state index contributed by atoms with van der Waals surface area (Å²) in [6.07, 6.45) is 2.91. The molecule has 0 radical (unpaired) electrons. The summed E-state index contributed by atoms with van der Waals surface area (Å²) < 4.78 is 47.4. The van der Waals surface area contributed by atoms with Crippen LogP contribution in [-0.4, -0.2) is 50.2 Å². The van der Waals surface area contributed by atoms with E-state index < -0.39 is 21.3 Å². The van der Waals surface area contributed by atoms with Crippen LogP contribution in [-0.2, 0) is 15.6 Å². The van der Waals surface area contributed by atoms with Crippen LogP contribution in [0.5, 0.6) is 0 Å². The second-order valence-electron chi connectivity index (χ2n) is 6.35. The Labute approximate surface area is 139 Å². The Balaban J connectivity index is 1.75. The molecule has 1 aromatic rings. The molecule has 2 bridgehead atoms. The van der Waals surface area contributed by atoms with Crippen LogP contribution >= 0.6 is 0 Å². The molecule has 1 N–H and O–H groups in total. The highest BCUT2D eigenvalue weighted by atomic mass is 32.2.